The second kappa shape index (κ2) is 9.59. The summed E-state index contributed by atoms with van der Waals surface area (Å²) in [5.74, 6) is 0.773. The molecule has 1 aliphatic heterocycles. The van der Waals surface area contributed by atoms with E-state index >= 15 is 0 Å². The molecule has 5 nitrogen and oxygen atoms in total. The van der Waals surface area contributed by atoms with E-state index in [9.17, 15) is 4.79 Å². The summed E-state index contributed by atoms with van der Waals surface area (Å²) in [5.41, 5.74) is 2.05. The number of hydrogen-bond acceptors (Lipinski definition) is 4. The van der Waals surface area contributed by atoms with Crippen LogP contribution in [0.3, 0.4) is 0 Å². The molecule has 1 aliphatic rings. The number of carbonyl (C=O) groups is 1. The van der Waals surface area contributed by atoms with Crippen molar-refractivity contribution in [3.63, 3.8) is 0 Å². The van der Waals surface area contributed by atoms with E-state index in [1.807, 2.05) is 24.3 Å². The number of rotatable bonds is 6. The molecule has 2 heterocycles. The van der Waals surface area contributed by atoms with Crippen molar-refractivity contribution in [3.8, 4) is 5.75 Å². The van der Waals surface area contributed by atoms with Gasteiger partial charge in [-0.2, -0.15) is 11.3 Å². The first kappa shape index (κ1) is 18.7. The average molecular weight is 374 g/mol. The maximum Gasteiger partial charge on any atom is 0.319 e. The summed E-state index contributed by atoms with van der Waals surface area (Å²) in [7, 11) is 1.63. The molecule has 140 valence electrons. The molecular weight excluding hydrogens is 346 g/mol. The van der Waals surface area contributed by atoms with E-state index in [2.05, 4.69) is 32.4 Å². The summed E-state index contributed by atoms with van der Waals surface area (Å²) in [6, 6.07) is 9.57. The van der Waals surface area contributed by atoms with Crippen LogP contribution in [0.1, 0.15) is 37.3 Å². The molecular formula is C20H27N3O2S. The molecule has 1 fully saturated rings. The quantitative estimate of drug-likeness (QED) is 0.784. The van der Waals surface area contributed by atoms with Crippen molar-refractivity contribution in [3.05, 3.63) is 46.7 Å². The number of methoxy groups -OCH3 is 1. The van der Waals surface area contributed by atoms with E-state index < -0.39 is 0 Å². The SMILES string of the molecule is COc1ccc(NC(=O)NCC(c2ccsc2)N2CCCCCC2)cc1. The van der Waals surface area contributed by atoms with E-state index in [-0.39, 0.29) is 12.1 Å². The smallest absolute Gasteiger partial charge is 0.319 e. The van der Waals surface area contributed by atoms with Crippen LogP contribution in [-0.2, 0) is 0 Å². The molecule has 0 saturated carbocycles. The Morgan fingerprint density at radius 2 is 1.88 bits per heavy atom. The fraction of sp³-hybridized carbons (Fsp3) is 0.450. The topological polar surface area (TPSA) is 53.6 Å². The highest BCUT2D eigenvalue weighted by Crippen LogP contribution is 2.25. The van der Waals surface area contributed by atoms with Gasteiger partial charge in [0.1, 0.15) is 5.75 Å². The number of amides is 2. The second-order valence-electron chi connectivity index (χ2n) is 6.59. The molecule has 1 aromatic heterocycles. The minimum absolute atomic E-state index is 0.176. The molecule has 2 amide bonds. The van der Waals surface area contributed by atoms with Crippen LogP contribution in [0, 0.1) is 0 Å². The normalized spacial score (nSPS) is 16.5. The minimum atomic E-state index is -0.176. The van der Waals surface area contributed by atoms with Gasteiger partial charge >= 0.3 is 6.03 Å². The number of nitrogens with one attached hydrogen (secondary N) is 2. The Balaban J connectivity index is 1.58. The third kappa shape index (κ3) is 5.22. The Kier molecular flexibility index (Phi) is 6.91. The van der Waals surface area contributed by atoms with Gasteiger partial charge < -0.3 is 15.4 Å². The van der Waals surface area contributed by atoms with Gasteiger partial charge in [-0.3, -0.25) is 4.90 Å². The zero-order valence-electron chi connectivity index (χ0n) is 15.2. The van der Waals surface area contributed by atoms with Gasteiger partial charge in [-0.05, 0) is 72.6 Å². The van der Waals surface area contributed by atoms with Crippen LogP contribution < -0.4 is 15.4 Å². The van der Waals surface area contributed by atoms with Crippen LogP contribution in [-0.4, -0.2) is 37.7 Å². The van der Waals surface area contributed by atoms with E-state index in [4.69, 9.17) is 4.74 Å². The lowest BCUT2D eigenvalue weighted by molar-refractivity contribution is 0.199. The fourth-order valence-corrected chi connectivity index (χ4v) is 4.08. The Bertz CT molecular complexity index is 665. The molecule has 2 aromatic rings. The van der Waals surface area contributed by atoms with Crippen molar-refractivity contribution in [1.29, 1.82) is 0 Å². The van der Waals surface area contributed by atoms with Gasteiger partial charge in [0.25, 0.3) is 0 Å². The predicted octanol–water partition coefficient (Wildman–Crippen LogP) is 4.50. The van der Waals surface area contributed by atoms with Crippen LogP contribution in [0.2, 0.25) is 0 Å². The van der Waals surface area contributed by atoms with E-state index in [1.165, 1.54) is 31.2 Å². The fourth-order valence-electron chi connectivity index (χ4n) is 3.37. The first-order chi connectivity index (χ1) is 12.8. The van der Waals surface area contributed by atoms with Crippen molar-refractivity contribution in [2.24, 2.45) is 0 Å². The first-order valence-corrected chi connectivity index (χ1v) is 10.2. The third-order valence-corrected chi connectivity index (χ3v) is 5.51. The molecule has 0 aliphatic carbocycles. The lowest BCUT2D eigenvalue weighted by Crippen LogP contribution is -2.40. The van der Waals surface area contributed by atoms with Crippen molar-refractivity contribution >= 4 is 23.1 Å². The molecule has 1 unspecified atom stereocenters. The van der Waals surface area contributed by atoms with Crippen molar-refractivity contribution in [2.75, 3.05) is 32.1 Å². The van der Waals surface area contributed by atoms with E-state index in [1.54, 1.807) is 18.4 Å². The van der Waals surface area contributed by atoms with Crippen LogP contribution >= 0.6 is 11.3 Å². The number of nitrogens with zero attached hydrogens (tertiary/aromatic N) is 1. The molecule has 0 bridgehead atoms. The largest absolute Gasteiger partial charge is 0.497 e. The molecule has 26 heavy (non-hydrogen) atoms. The number of urea groups is 1. The van der Waals surface area contributed by atoms with Gasteiger partial charge in [0.2, 0.25) is 0 Å². The molecule has 1 saturated heterocycles. The van der Waals surface area contributed by atoms with Crippen molar-refractivity contribution in [1.82, 2.24) is 10.2 Å². The first-order valence-electron chi connectivity index (χ1n) is 9.21. The number of anilines is 1. The van der Waals surface area contributed by atoms with E-state index in [0.717, 1.165) is 24.5 Å². The maximum atomic E-state index is 12.3. The van der Waals surface area contributed by atoms with Crippen molar-refractivity contribution in [2.45, 2.75) is 31.7 Å². The molecule has 6 heteroatoms. The molecule has 1 aromatic carbocycles. The van der Waals surface area contributed by atoms with Gasteiger partial charge in [0.05, 0.1) is 13.2 Å². The maximum absolute atomic E-state index is 12.3. The molecule has 3 rings (SSSR count). The molecule has 0 spiro atoms. The number of ether oxygens (including phenoxy) is 1. The Morgan fingerprint density at radius 1 is 1.15 bits per heavy atom. The number of carbonyl (C=O) groups excluding carboxylic acids is 1. The zero-order chi connectivity index (χ0) is 18.2. The van der Waals surface area contributed by atoms with Gasteiger partial charge in [-0.15, -0.1) is 0 Å². The predicted molar refractivity (Wildman–Crippen MR) is 107 cm³/mol. The lowest BCUT2D eigenvalue weighted by atomic mass is 10.1. The Hall–Kier alpha value is -2.05. The highest BCUT2D eigenvalue weighted by molar-refractivity contribution is 7.07. The van der Waals surface area contributed by atoms with Gasteiger partial charge in [-0.25, -0.2) is 4.79 Å². The monoisotopic (exact) mass is 373 g/mol. The summed E-state index contributed by atoms with van der Waals surface area (Å²) in [4.78, 5) is 14.8. The summed E-state index contributed by atoms with van der Waals surface area (Å²) >= 11 is 1.71. The molecule has 2 N–H and O–H groups in total. The van der Waals surface area contributed by atoms with Gasteiger partial charge in [0.15, 0.2) is 0 Å². The Morgan fingerprint density at radius 3 is 2.50 bits per heavy atom. The summed E-state index contributed by atoms with van der Waals surface area (Å²) < 4.78 is 5.14. The van der Waals surface area contributed by atoms with Gasteiger partial charge in [-0.1, -0.05) is 12.8 Å². The average Bonchev–Trinajstić information content (AvgIpc) is 3.05. The number of likely N-dealkylation sites (tertiary alicyclic amines) is 1. The van der Waals surface area contributed by atoms with Crippen LogP contribution in [0.25, 0.3) is 0 Å². The van der Waals surface area contributed by atoms with Crippen LogP contribution in [0.15, 0.2) is 41.1 Å². The molecule has 0 radical (unpaired) electrons. The summed E-state index contributed by atoms with van der Waals surface area (Å²) in [5, 5.41) is 10.2. The Labute approximate surface area is 159 Å². The number of thiophene rings is 1. The zero-order valence-corrected chi connectivity index (χ0v) is 16.1. The standard InChI is InChI=1S/C20H27N3O2S/c1-25-18-8-6-17(7-9-18)22-20(24)21-14-19(16-10-13-26-15-16)23-11-4-2-3-5-12-23/h6-10,13,15,19H,2-5,11-12,14H2,1H3,(H2,21,22,24). The van der Waals surface area contributed by atoms with Crippen LogP contribution in [0.5, 0.6) is 5.75 Å². The highest BCUT2D eigenvalue weighted by atomic mass is 32.1. The number of hydrogen-bond donors (Lipinski definition) is 2. The molecule has 1 atom stereocenters. The number of benzene rings is 1. The minimum Gasteiger partial charge on any atom is -0.497 e. The van der Waals surface area contributed by atoms with Crippen molar-refractivity contribution < 1.29 is 9.53 Å². The summed E-state index contributed by atoms with van der Waals surface area (Å²) in [6.45, 7) is 2.81. The summed E-state index contributed by atoms with van der Waals surface area (Å²) in [6.07, 6.45) is 5.08. The second-order valence-corrected chi connectivity index (χ2v) is 7.37. The van der Waals surface area contributed by atoms with Crippen LogP contribution in [0.4, 0.5) is 10.5 Å². The lowest BCUT2D eigenvalue weighted by Gasteiger charge is -2.30. The van der Waals surface area contributed by atoms with E-state index in [0.29, 0.717) is 6.54 Å². The van der Waals surface area contributed by atoms with Gasteiger partial charge in [0, 0.05) is 12.2 Å². The highest BCUT2D eigenvalue weighted by Gasteiger charge is 2.22. The third-order valence-electron chi connectivity index (χ3n) is 4.81.